The van der Waals surface area contributed by atoms with E-state index in [9.17, 15) is 4.39 Å². The third-order valence-electron chi connectivity index (χ3n) is 4.25. The molecular formula is C21H17FN4. The predicted molar refractivity (Wildman–Crippen MR) is 101 cm³/mol. The fourth-order valence-corrected chi connectivity index (χ4v) is 2.83. The van der Waals surface area contributed by atoms with Crippen molar-refractivity contribution in [1.29, 1.82) is 0 Å². The van der Waals surface area contributed by atoms with Gasteiger partial charge in [0, 0.05) is 11.8 Å². The van der Waals surface area contributed by atoms with E-state index in [1.54, 1.807) is 18.2 Å². The normalized spacial score (nSPS) is 11.5. The van der Waals surface area contributed by atoms with Crippen LogP contribution in [0.2, 0.25) is 0 Å². The lowest BCUT2D eigenvalue weighted by Gasteiger charge is -2.01. The van der Waals surface area contributed by atoms with Crippen molar-refractivity contribution >= 4 is 17.2 Å². The van der Waals surface area contributed by atoms with Gasteiger partial charge in [0.15, 0.2) is 11.6 Å². The largest absolute Gasteiger partial charge is 0.282 e. The van der Waals surface area contributed by atoms with E-state index in [-0.39, 0.29) is 5.69 Å². The molecule has 5 heteroatoms. The molecule has 0 saturated carbocycles. The van der Waals surface area contributed by atoms with Gasteiger partial charge in [-0.05, 0) is 37.6 Å². The molecule has 4 rings (SSSR count). The van der Waals surface area contributed by atoms with Gasteiger partial charge in [0.25, 0.3) is 0 Å². The van der Waals surface area contributed by atoms with Crippen molar-refractivity contribution in [3.8, 4) is 11.3 Å². The molecule has 0 aliphatic carbocycles. The van der Waals surface area contributed by atoms with Crippen LogP contribution in [0.3, 0.4) is 0 Å². The molecule has 0 aliphatic heterocycles. The highest BCUT2D eigenvalue weighted by Gasteiger charge is 2.15. The number of fused-ring (bicyclic) bond motifs is 1. The highest BCUT2D eigenvalue weighted by molar-refractivity contribution is 5.75. The number of azo groups is 1. The van der Waals surface area contributed by atoms with Gasteiger partial charge >= 0.3 is 0 Å². The monoisotopic (exact) mass is 344 g/mol. The van der Waals surface area contributed by atoms with Crippen LogP contribution >= 0.6 is 0 Å². The van der Waals surface area contributed by atoms with Crippen molar-refractivity contribution in [2.45, 2.75) is 13.8 Å². The number of pyridine rings is 1. The average Bonchev–Trinajstić information content (AvgIpc) is 3.02. The zero-order valence-corrected chi connectivity index (χ0v) is 14.5. The van der Waals surface area contributed by atoms with Gasteiger partial charge in [0.05, 0.1) is 0 Å². The smallest absolute Gasteiger partial charge is 0.187 e. The number of aryl methyl sites for hydroxylation is 2. The van der Waals surface area contributed by atoms with Crippen molar-refractivity contribution in [1.82, 2.24) is 9.38 Å². The summed E-state index contributed by atoms with van der Waals surface area (Å²) in [6.07, 6.45) is 1.89. The number of rotatable bonds is 3. The minimum absolute atomic E-state index is 0.199. The molecule has 0 saturated heterocycles. The van der Waals surface area contributed by atoms with Gasteiger partial charge in [0.1, 0.15) is 17.0 Å². The van der Waals surface area contributed by atoms with Gasteiger partial charge in [-0.15, -0.1) is 10.2 Å². The van der Waals surface area contributed by atoms with Crippen LogP contribution in [0.15, 0.2) is 77.1 Å². The van der Waals surface area contributed by atoms with Crippen molar-refractivity contribution in [3.05, 3.63) is 83.8 Å². The van der Waals surface area contributed by atoms with E-state index < -0.39 is 5.82 Å². The Morgan fingerprint density at radius 3 is 2.42 bits per heavy atom. The highest BCUT2D eigenvalue weighted by Crippen LogP contribution is 2.33. The number of halogens is 1. The molecule has 0 unspecified atom stereocenters. The van der Waals surface area contributed by atoms with Crippen LogP contribution in [0, 0.1) is 19.7 Å². The molecule has 4 nitrogen and oxygen atoms in total. The molecule has 0 spiro atoms. The Labute approximate surface area is 150 Å². The number of hydrogen-bond donors (Lipinski definition) is 0. The Morgan fingerprint density at radius 2 is 1.65 bits per heavy atom. The van der Waals surface area contributed by atoms with Gasteiger partial charge in [-0.3, -0.25) is 4.40 Å². The first-order valence-electron chi connectivity index (χ1n) is 8.34. The van der Waals surface area contributed by atoms with Gasteiger partial charge in [-0.1, -0.05) is 48.0 Å². The van der Waals surface area contributed by atoms with Crippen LogP contribution < -0.4 is 0 Å². The predicted octanol–water partition coefficient (Wildman–Crippen LogP) is 6.17. The third-order valence-corrected chi connectivity index (χ3v) is 4.25. The summed E-state index contributed by atoms with van der Waals surface area (Å²) in [5, 5.41) is 8.47. The SMILES string of the molecule is Cc1ccc(-c2nc3c(C)cccn3c2N=Nc2ccccc2F)cc1. The first-order chi connectivity index (χ1) is 12.6. The molecule has 0 amide bonds. The Balaban J connectivity index is 1.91. The number of imidazole rings is 1. The van der Waals surface area contributed by atoms with Crippen LogP contribution in [-0.4, -0.2) is 9.38 Å². The highest BCUT2D eigenvalue weighted by atomic mass is 19.1. The Morgan fingerprint density at radius 1 is 0.885 bits per heavy atom. The fourth-order valence-electron chi connectivity index (χ4n) is 2.83. The Kier molecular flexibility index (Phi) is 4.05. The Bertz CT molecular complexity index is 1110. The van der Waals surface area contributed by atoms with Crippen molar-refractivity contribution in [2.24, 2.45) is 10.2 Å². The number of aromatic nitrogens is 2. The lowest BCUT2D eigenvalue weighted by atomic mass is 10.1. The van der Waals surface area contributed by atoms with Crippen LogP contribution in [0.5, 0.6) is 0 Å². The van der Waals surface area contributed by atoms with E-state index >= 15 is 0 Å². The van der Waals surface area contributed by atoms with E-state index in [1.807, 2.05) is 60.8 Å². The van der Waals surface area contributed by atoms with Gasteiger partial charge in [-0.25, -0.2) is 9.37 Å². The first-order valence-corrected chi connectivity index (χ1v) is 8.34. The van der Waals surface area contributed by atoms with E-state index in [2.05, 4.69) is 10.2 Å². The second-order valence-corrected chi connectivity index (χ2v) is 6.19. The maximum Gasteiger partial charge on any atom is 0.187 e. The molecule has 26 heavy (non-hydrogen) atoms. The summed E-state index contributed by atoms with van der Waals surface area (Å²) in [5.74, 6) is 0.175. The Hall–Kier alpha value is -3.34. The molecule has 0 radical (unpaired) electrons. The number of benzene rings is 2. The van der Waals surface area contributed by atoms with Crippen molar-refractivity contribution < 1.29 is 4.39 Å². The molecule has 2 aromatic heterocycles. The molecule has 128 valence electrons. The van der Waals surface area contributed by atoms with Crippen LogP contribution in [0.1, 0.15) is 11.1 Å². The zero-order chi connectivity index (χ0) is 18.1. The minimum Gasteiger partial charge on any atom is -0.282 e. The third kappa shape index (κ3) is 2.88. The number of nitrogens with zero attached hydrogens (tertiary/aromatic N) is 4. The van der Waals surface area contributed by atoms with Gasteiger partial charge < -0.3 is 0 Å². The van der Waals surface area contributed by atoms with Crippen molar-refractivity contribution in [3.63, 3.8) is 0 Å². The quantitative estimate of drug-likeness (QED) is 0.410. The summed E-state index contributed by atoms with van der Waals surface area (Å²) < 4.78 is 15.8. The molecular weight excluding hydrogens is 327 g/mol. The molecule has 0 fully saturated rings. The van der Waals surface area contributed by atoms with Crippen LogP contribution in [0.4, 0.5) is 15.9 Å². The minimum atomic E-state index is -0.405. The molecule has 2 aromatic carbocycles. The maximum atomic E-state index is 13.9. The fraction of sp³-hybridized carbons (Fsp3) is 0.0952. The lowest BCUT2D eigenvalue weighted by Crippen LogP contribution is -1.85. The summed E-state index contributed by atoms with van der Waals surface area (Å²) in [6, 6.07) is 18.3. The molecule has 0 bridgehead atoms. The summed E-state index contributed by atoms with van der Waals surface area (Å²) in [6.45, 7) is 4.04. The van der Waals surface area contributed by atoms with Crippen LogP contribution in [-0.2, 0) is 0 Å². The molecule has 0 atom stereocenters. The molecule has 0 aliphatic rings. The summed E-state index contributed by atoms with van der Waals surface area (Å²) >= 11 is 0. The van der Waals surface area contributed by atoms with Gasteiger partial charge in [-0.2, -0.15) is 0 Å². The van der Waals surface area contributed by atoms with Crippen LogP contribution in [0.25, 0.3) is 16.9 Å². The number of hydrogen-bond acceptors (Lipinski definition) is 3. The first kappa shape index (κ1) is 16.1. The summed E-state index contributed by atoms with van der Waals surface area (Å²) in [7, 11) is 0. The van der Waals surface area contributed by atoms with E-state index in [0.717, 1.165) is 22.5 Å². The molecule has 4 aromatic rings. The second-order valence-electron chi connectivity index (χ2n) is 6.19. The van der Waals surface area contributed by atoms with Crippen molar-refractivity contribution in [2.75, 3.05) is 0 Å². The topological polar surface area (TPSA) is 42.0 Å². The van der Waals surface area contributed by atoms with E-state index in [4.69, 9.17) is 4.98 Å². The van der Waals surface area contributed by atoms with E-state index in [0.29, 0.717) is 5.82 Å². The molecule has 0 N–H and O–H groups in total. The maximum absolute atomic E-state index is 13.9. The average molecular weight is 344 g/mol. The zero-order valence-electron chi connectivity index (χ0n) is 14.5. The lowest BCUT2D eigenvalue weighted by molar-refractivity contribution is 0.628. The second kappa shape index (κ2) is 6.52. The standard InChI is InChI=1S/C21H17FN4/c1-14-9-11-16(12-10-14)19-21(25-24-18-8-4-3-7-17(18)22)26-13-5-6-15(2)20(26)23-19/h3-13H,1-2H3. The summed E-state index contributed by atoms with van der Waals surface area (Å²) in [5.41, 5.74) is 4.88. The molecule has 2 heterocycles. The van der Waals surface area contributed by atoms with Gasteiger partial charge in [0.2, 0.25) is 0 Å². The van der Waals surface area contributed by atoms with E-state index in [1.165, 1.54) is 11.6 Å². The summed E-state index contributed by atoms with van der Waals surface area (Å²) in [4.78, 5) is 4.76.